The maximum absolute atomic E-state index is 13.5. The zero-order chi connectivity index (χ0) is 26.0. The predicted molar refractivity (Wildman–Crippen MR) is 133 cm³/mol. The van der Waals surface area contributed by atoms with Crippen molar-refractivity contribution in [2.24, 2.45) is 11.8 Å². The molecule has 192 valence electrons. The number of hydrogen-bond acceptors (Lipinski definition) is 7. The molecule has 1 aliphatic heterocycles. The number of urea groups is 1. The van der Waals surface area contributed by atoms with Gasteiger partial charge in [0.2, 0.25) is 5.88 Å². The first kappa shape index (κ1) is 25.5. The fourth-order valence-corrected chi connectivity index (χ4v) is 4.02. The van der Waals surface area contributed by atoms with E-state index in [1.165, 1.54) is 4.90 Å². The summed E-state index contributed by atoms with van der Waals surface area (Å²) in [4.78, 5) is 34.0. The van der Waals surface area contributed by atoms with Gasteiger partial charge in [-0.3, -0.25) is 4.79 Å². The Bertz CT molecular complexity index is 1180. The van der Waals surface area contributed by atoms with Gasteiger partial charge in [0.25, 0.3) is 5.91 Å². The van der Waals surface area contributed by atoms with Crippen molar-refractivity contribution in [2.45, 2.75) is 52.7 Å². The highest BCUT2D eigenvalue weighted by atomic mass is 16.5. The minimum Gasteiger partial charge on any atom is -0.472 e. The number of ether oxygens (including phenoxy) is 1. The Hall–Kier alpha value is -3.58. The molecule has 0 radical (unpaired) electrons. The van der Waals surface area contributed by atoms with Gasteiger partial charge in [-0.1, -0.05) is 23.9 Å². The zero-order valence-electron chi connectivity index (χ0n) is 21.4. The van der Waals surface area contributed by atoms with Crippen LogP contribution in [0.15, 0.2) is 16.8 Å². The minimum absolute atomic E-state index is 0.151. The van der Waals surface area contributed by atoms with E-state index < -0.39 is 12.1 Å². The third kappa shape index (κ3) is 5.62. The summed E-state index contributed by atoms with van der Waals surface area (Å²) in [5, 5.41) is 16.5. The number of anilines is 1. The van der Waals surface area contributed by atoms with Crippen LogP contribution in [0.4, 0.5) is 10.5 Å². The molecule has 0 unspecified atom stereocenters. The van der Waals surface area contributed by atoms with Crippen molar-refractivity contribution in [2.75, 3.05) is 32.1 Å². The first-order valence-electron chi connectivity index (χ1n) is 12.2. The van der Waals surface area contributed by atoms with Gasteiger partial charge < -0.3 is 29.5 Å². The molecule has 10 nitrogen and oxygen atoms in total. The number of pyridine rings is 1. The second-order valence-corrected chi connectivity index (χ2v) is 9.75. The number of nitrogens with zero attached hydrogens (tertiary/aromatic N) is 4. The first-order valence-corrected chi connectivity index (χ1v) is 12.2. The minimum atomic E-state index is -0.457. The topological polar surface area (TPSA) is 121 Å². The standard InChI is InChI=1S/C26H33N5O5/c1-15-12-31(16(2)14-32)25(33)21-10-20(9-8-19-6-7-19)11-27-24(21)35-22(15)13-30(5)26(34)28-23-17(3)29-36-18(23)4/h10-11,15-16,19,22,32H,6-7,12-14H2,1-5H3,(H,28,34)/t15-,16+,22-/m1/s1. The van der Waals surface area contributed by atoms with Crippen molar-refractivity contribution in [1.29, 1.82) is 0 Å². The van der Waals surface area contributed by atoms with E-state index >= 15 is 0 Å². The molecule has 0 spiro atoms. The Morgan fingerprint density at radius 1 is 1.39 bits per heavy atom. The molecule has 10 heteroatoms. The second kappa shape index (κ2) is 10.6. The molecule has 0 aromatic carbocycles. The number of amides is 3. The number of fused-ring (bicyclic) bond motifs is 1. The molecule has 2 aromatic heterocycles. The molecule has 0 bridgehead atoms. The van der Waals surface area contributed by atoms with Gasteiger partial charge in [0, 0.05) is 37.2 Å². The molecule has 1 aliphatic carbocycles. The van der Waals surface area contributed by atoms with Crippen molar-refractivity contribution < 1.29 is 24.0 Å². The number of aryl methyl sites for hydroxylation is 2. The molecule has 3 amide bonds. The lowest BCUT2D eigenvalue weighted by molar-refractivity contribution is 0.0356. The number of hydrogen-bond donors (Lipinski definition) is 2. The second-order valence-electron chi connectivity index (χ2n) is 9.75. The molecule has 1 fully saturated rings. The number of nitrogens with one attached hydrogen (secondary N) is 1. The summed E-state index contributed by atoms with van der Waals surface area (Å²) in [5.74, 6) is 7.02. The van der Waals surface area contributed by atoms with Crippen LogP contribution in [0, 0.1) is 37.5 Å². The lowest BCUT2D eigenvalue weighted by atomic mass is 10.00. The molecule has 3 heterocycles. The summed E-state index contributed by atoms with van der Waals surface area (Å²) in [5.41, 5.74) is 2.09. The maximum atomic E-state index is 13.5. The monoisotopic (exact) mass is 495 g/mol. The number of aromatic nitrogens is 2. The first-order chi connectivity index (χ1) is 17.2. The van der Waals surface area contributed by atoms with Crippen molar-refractivity contribution in [1.82, 2.24) is 19.9 Å². The van der Waals surface area contributed by atoms with Gasteiger partial charge in [-0.2, -0.15) is 0 Å². The molecule has 3 atom stereocenters. The average Bonchev–Trinajstić information content (AvgIpc) is 3.65. The van der Waals surface area contributed by atoms with E-state index in [-0.39, 0.29) is 36.9 Å². The van der Waals surface area contributed by atoms with E-state index in [0.717, 1.165) is 12.8 Å². The summed E-state index contributed by atoms with van der Waals surface area (Å²) in [7, 11) is 1.67. The van der Waals surface area contributed by atoms with Gasteiger partial charge in [0.1, 0.15) is 23.0 Å². The zero-order valence-corrected chi connectivity index (χ0v) is 21.4. The Labute approximate surface area is 211 Å². The number of aliphatic hydroxyl groups is 1. The molecule has 0 saturated heterocycles. The van der Waals surface area contributed by atoms with Gasteiger partial charge in [0.05, 0.1) is 19.2 Å². The highest BCUT2D eigenvalue weighted by molar-refractivity contribution is 5.97. The van der Waals surface area contributed by atoms with Crippen LogP contribution in [-0.2, 0) is 0 Å². The molecule has 2 N–H and O–H groups in total. The molecule has 2 aliphatic rings. The Morgan fingerprint density at radius 2 is 2.14 bits per heavy atom. The number of carbonyl (C=O) groups excluding carboxylic acids is 2. The summed E-state index contributed by atoms with van der Waals surface area (Å²) in [6.45, 7) is 7.66. The largest absolute Gasteiger partial charge is 0.472 e. The number of aliphatic hydroxyl groups excluding tert-OH is 1. The normalized spacial score (nSPS) is 20.3. The van der Waals surface area contributed by atoms with Crippen LogP contribution in [0.5, 0.6) is 5.88 Å². The van der Waals surface area contributed by atoms with Gasteiger partial charge in [-0.15, -0.1) is 0 Å². The molecule has 2 aromatic rings. The van der Waals surface area contributed by atoms with Crippen LogP contribution < -0.4 is 10.1 Å². The van der Waals surface area contributed by atoms with Gasteiger partial charge in [-0.25, -0.2) is 9.78 Å². The highest BCUT2D eigenvalue weighted by Crippen LogP contribution is 2.29. The number of rotatable bonds is 5. The van der Waals surface area contributed by atoms with Crippen LogP contribution >= 0.6 is 0 Å². The van der Waals surface area contributed by atoms with Gasteiger partial charge >= 0.3 is 6.03 Å². The fourth-order valence-electron chi connectivity index (χ4n) is 4.02. The smallest absolute Gasteiger partial charge is 0.321 e. The van der Waals surface area contributed by atoms with E-state index in [0.29, 0.717) is 40.7 Å². The summed E-state index contributed by atoms with van der Waals surface area (Å²) >= 11 is 0. The summed E-state index contributed by atoms with van der Waals surface area (Å²) in [6, 6.07) is 0.976. The van der Waals surface area contributed by atoms with Crippen LogP contribution in [0.25, 0.3) is 0 Å². The van der Waals surface area contributed by atoms with E-state index in [9.17, 15) is 14.7 Å². The quantitative estimate of drug-likeness (QED) is 0.612. The highest BCUT2D eigenvalue weighted by Gasteiger charge is 2.35. The lowest BCUT2D eigenvalue weighted by Crippen LogP contribution is -2.50. The SMILES string of the molecule is Cc1noc(C)c1NC(=O)N(C)C[C@H]1Oc2ncc(C#CC3CC3)cc2C(=O)N([C@@H](C)CO)C[C@H]1C. The molecule has 36 heavy (non-hydrogen) atoms. The Kier molecular flexibility index (Phi) is 7.50. The lowest BCUT2D eigenvalue weighted by Gasteiger charge is -2.37. The molecular formula is C26H33N5O5. The van der Waals surface area contributed by atoms with Crippen molar-refractivity contribution >= 4 is 17.6 Å². The molecule has 4 rings (SSSR count). The Morgan fingerprint density at radius 3 is 2.78 bits per heavy atom. The van der Waals surface area contributed by atoms with Crippen molar-refractivity contribution in [3.63, 3.8) is 0 Å². The third-order valence-electron chi connectivity index (χ3n) is 6.58. The van der Waals surface area contributed by atoms with E-state index in [4.69, 9.17) is 9.26 Å². The van der Waals surface area contributed by atoms with E-state index in [1.807, 2.05) is 6.92 Å². The average molecular weight is 496 g/mol. The van der Waals surface area contributed by atoms with Crippen LogP contribution in [-0.4, -0.2) is 75.9 Å². The summed E-state index contributed by atoms with van der Waals surface area (Å²) < 4.78 is 11.4. The van der Waals surface area contributed by atoms with E-state index in [1.54, 1.807) is 45.0 Å². The van der Waals surface area contributed by atoms with Crippen LogP contribution in [0.1, 0.15) is 54.1 Å². The maximum Gasteiger partial charge on any atom is 0.321 e. The van der Waals surface area contributed by atoms with Gasteiger partial charge in [-0.05, 0) is 39.7 Å². The number of carbonyl (C=O) groups is 2. The third-order valence-corrected chi connectivity index (χ3v) is 6.58. The molecular weight excluding hydrogens is 462 g/mol. The van der Waals surface area contributed by atoms with E-state index in [2.05, 4.69) is 27.3 Å². The van der Waals surface area contributed by atoms with Crippen molar-refractivity contribution in [3.8, 4) is 17.7 Å². The summed E-state index contributed by atoms with van der Waals surface area (Å²) in [6.07, 6.45) is 3.36. The fraction of sp³-hybridized carbons (Fsp3) is 0.538. The van der Waals surface area contributed by atoms with Gasteiger partial charge in [0.15, 0.2) is 5.76 Å². The number of likely N-dealkylation sites (N-methyl/N-ethyl adjacent to an activating group) is 1. The molecule has 1 saturated carbocycles. The van der Waals surface area contributed by atoms with Crippen molar-refractivity contribution in [3.05, 3.63) is 34.8 Å². The van der Waals surface area contributed by atoms with Crippen LogP contribution in [0.2, 0.25) is 0 Å². The van der Waals surface area contributed by atoms with Crippen LogP contribution in [0.3, 0.4) is 0 Å². The Balaban J connectivity index is 1.59. The predicted octanol–water partition coefficient (Wildman–Crippen LogP) is 2.83.